The highest BCUT2D eigenvalue weighted by Crippen LogP contribution is 2.26. The molecule has 1 aliphatic heterocycles. The van der Waals surface area contributed by atoms with Gasteiger partial charge in [0.2, 0.25) is 0 Å². The SMILES string of the molecule is NC(=O)n1nc(N2CCOCC2)c2c[c]ccc21. The van der Waals surface area contributed by atoms with Crippen LogP contribution in [0.15, 0.2) is 18.2 Å². The van der Waals surface area contributed by atoms with Gasteiger partial charge in [-0.2, -0.15) is 4.68 Å². The van der Waals surface area contributed by atoms with Crippen molar-refractivity contribution in [1.29, 1.82) is 0 Å². The summed E-state index contributed by atoms with van der Waals surface area (Å²) >= 11 is 0. The fourth-order valence-corrected chi connectivity index (χ4v) is 2.17. The number of hydrogen-bond acceptors (Lipinski definition) is 4. The van der Waals surface area contributed by atoms with Crippen molar-refractivity contribution >= 4 is 22.8 Å². The van der Waals surface area contributed by atoms with Crippen molar-refractivity contribution in [2.45, 2.75) is 0 Å². The average molecular weight is 245 g/mol. The first kappa shape index (κ1) is 11.0. The summed E-state index contributed by atoms with van der Waals surface area (Å²) in [4.78, 5) is 13.5. The molecule has 1 saturated heterocycles. The highest BCUT2D eigenvalue weighted by molar-refractivity contribution is 5.96. The first-order valence-corrected chi connectivity index (χ1v) is 5.79. The van der Waals surface area contributed by atoms with Crippen molar-refractivity contribution in [3.8, 4) is 0 Å². The third-order valence-electron chi connectivity index (χ3n) is 3.02. The molecular formula is C12H13N4O2. The fraction of sp³-hybridized carbons (Fsp3) is 0.333. The van der Waals surface area contributed by atoms with Gasteiger partial charge < -0.3 is 15.4 Å². The van der Waals surface area contributed by atoms with Gasteiger partial charge in [-0.1, -0.05) is 6.07 Å². The molecule has 0 bridgehead atoms. The molecule has 6 nitrogen and oxygen atoms in total. The number of ether oxygens (including phenoxy) is 1. The maximum absolute atomic E-state index is 11.4. The van der Waals surface area contributed by atoms with Gasteiger partial charge in [0, 0.05) is 18.5 Å². The summed E-state index contributed by atoms with van der Waals surface area (Å²) in [6, 6.07) is 7.78. The molecule has 0 saturated carbocycles. The van der Waals surface area contributed by atoms with Crippen molar-refractivity contribution in [3.05, 3.63) is 24.3 Å². The van der Waals surface area contributed by atoms with Crippen molar-refractivity contribution < 1.29 is 9.53 Å². The van der Waals surface area contributed by atoms with Crippen molar-refractivity contribution in [2.24, 2.45) is 5.73 Å². The zero-order valence-electron chi connectivity index (χ0n) is 9.80. The third kappa shape index (κ3) is 1.70. The Morgan fingerprint density at radius 1 is 1.44 bits per heavy atom. The predicted molar refractivity (Wildman–Crippen MR) is 66.6 cm³/mol. The number of nitrogens with two attached hydrogens (primary N) is 1. The summed E-state index contributed by atoms with van der Waals surface area (Å²) in [6.07, 6.45) is 0. The van der Waals surface area contributed by atoms with Gasteiger partial charge in [0.25, 0.3) is 0 Å². The number of rotatable bonds is 1. The Kier molecular flexibility index (Phi) is 2.64. The van der Waals surface area contributed by atoms with Gasteiger partial charge in [-0.25, -0.2) is 4.79 Å². The standard InChI is InChI=1S/C12H13N4O2/c13-12(17)16-10-4-2-1-3-9(10)11(14-16)15-5-7-18-8-6-15/h2-4H,5-8H2,(H2,13,17). The molecule has 0 spiro atoms. The molecule has 0 aliphatic carbocycles. The van der Waals surface area contributed by atoms with Gasteiger partial charge in [-0.3, -0.25) is 0 Å². The molecule has 0 atom stereocenters. The predicted octanol–water partition coefficient (Wildman–Crippen LogP) is 0.600. The van der Waals surface area contributed by atoms with Crippen LogP contribution in [0.3, 0.4) is 0 Å². The minimum Gasteiger partial charge on any atom is -0.378 e. The van der Waals surface area contributed by atoms with Gasteiger partial charge in [0.1, 0.15) is 0 Å². The molecular weight excluding hydrogens is 232 g/mol. The third-order valence-corrected chi connectivity index (χ3v) is 3.02. The molecule has 1 fully saturated rings. The second kappa shape index (κ2) is 4.30. The van der Waals surface area contributed by atoms with Crippen molar-refractivity contribution in [2.75, 3.05) is 31.2 Å². The van der Waals surface area contributed by atoms with E-state index < -0.39 is 6.03 Å². The van der Waals surface area contributed by atoms with Crippen LogP contribution in [0.1, 0.15) is 0 Å². The smallest absolute Gasteiger partial charge is 0.340 e. The van der Waals surface area contributed by atoms with Crippen LogP contribution in [-0.2, 0) is 4.74 Å². The number of amides is 1. The summed E-state index contributed by atoms with van der Waals surface area (Å²) in [5.41, 5.74) is 6.04. The van der Waals surface area contributed by atoms with Gasteiger partial charge in [0.05, 0.1) is 18.7 Å². The molecule has 2 N–H and O–H groups in total. The van der Waals surface area contributed by atoms with E-state index in [-0.39, 0.29) is 0 Å². The van der Waals surface area contributed by atoms with Crippen LogP contribution in [0.5, 0.6) is 0 Å². The molecule has 93 valence electrons. The normalized spacial score (nSPS) is 16.1. The number of carbonyl (C=O) groups is 1. The lowest BCUT2D eigenvalue weighted by molar-refractivity contribution is 0.122. The number of morpholine rings is 1. The summed E-state index contributed by atoms with van der Waals surface area (Å²) in [5, 5.41) is 5.19. The molecule has 1 aromatic carbocycles. The monoisotopic (exact) mass is 245 g/mol. The molecule has 1 aliphatic rings. The fourth-order valence-electron chi connectivity index (χ4n) is 2.17. The van der Waals surface area contributed by atoms with Gasteiger partial charge in [0.15, 0.2) is 5.82 Å². The lowest BCUT2D eigenvalue weighted by atomic mass is 10.2. The Balaban J connectivity index is 2.13. The van der Waals surface area contributed by atoms with Crippen molar-refractivity contribution in [3.63, 3.8) is 0 Å². The zero-order valence-corrected chi connectivity index (χ0v) is 9.80. The highest BCUT2D eigenvalue weighted by atomic mass is 16.5. The number of fused-ring (bicyclic) bond motifs is 1. The topological polar surface area (TPSA) is 73.4 Å². The van der Waals surface area contributed by atoms with Crippen LogP contribution in [0, 0.1) is 6.07 Å². The van der Waals surface area contributed by atoms with Gasteiger partial charge >= 0.3 is 6.03 Å². The summed E-state index contributed by atoms with van der Waals surface area (Å²) < 4.78 is 6.54. The first-order chi connectivity index (χ1) is 8.77. The first-order valence-electron chi connectivity index (χ1n) is 5.79. The van der Waals surface area contributed by atoms with E-state index in [9.17, 15) is 4.79 Å². The average Bonchev–Trinajstić information content (AvgIpc) is 2.79. The molecule has 18 heavy (non-hydrogen) atoms. The van der Waals surface area contributed by atoms with Gasteiger partial charge in [-0.15, -0.1) is 5.10 Å². The quantitative estimate of drug-likeness (QED) is 0.798. The van der Waals surface area contributed by atoms with E-state index in [1.165, 1.54) is 4.68 Å². The minimum atomic E-state index is -0.578. The molecule has 6 heteroatoms. The Morgan fingerprint density at radius 3 is 2.94 bits per heavy atom. The van der Waals surface area contributed by atoms with E-state index in [1.54, 1.807) is 12.1 Å². The van der Waals surface area contributed by atoms with E-state index in [2.05, 4.69) is 16.1 Å². The minimum absolute atomic E-state index is 0.578. The van der Waals surface area contributed by atoms with E-state index in [4.69, 9.17) is 10.5 Å². The van der Waals surface area contributed by atoms with E-state index in [1.807, 2.05) is 6.07 Å². The van der Waals surface area contributed by atoms with E-state index in [0.717, 1.165) is 24.3 Å². The van der Waals surface area contributed by atoms with Crippen LogP contribution < -0.4 is 10.6 Å². The van der Waals surface area contributed by atoms with Gasteiger partial charge in [-0.05, 0) is 18.2 Å². The van der Waals surface area contributed by atoms with Crippen molar-refractivity contribution in [1.82, 2.24) is 9.78 Å². The Bertz CT molecular complexity index is 587. The molecule has 1 amide bonds. The number of hydrogen-bond donors (Lipinski definition) is 1. The van der Waals surface area contributed by atoms with Crippen LogP contribution in [0.4, 0.5) is 10.6 Å². The maximum atomic E-state index is 11.4. The molecule has 1 radical (unpaired) electrons. The van der Waals surface area contributed by atoms with Crippen LogP contribution in [0.25, 0.3) is 10.9 Å². The van der Waals surface area contributed by atoms with Crippen LogP contribution >= 0.6 is 0 Å². The Labute approximate surface area is 104 Å². The van der Waals surface area contributed by atoms with E-state index >= 15 is 0 Å². The zero-order chi connectivity index (χ0) is 12.5. The highest BCUT2D eigenvalue weighted by Gasteiger charge is 2.20. The van der Waals surface area contributed by atoms with Crippen LogP contribution in [0.2, 0.25) is 0 Å². The summed E-state index contributed by atoms with van der Waals surface area (Å²) in [5.74, 6) is 0.768. The largest absolute Gasteiger partial charge is 0.378 e. The Hall–Kier alpha value is -2.08. The number of carbonyl (C=O) groups excluding carboxylic acids is 1. The number of aromatic nitrogens is 2. The second-order valence-electron chi connectivity index (χ2n) is 4.12. The lowest BCUT2D eigenvalue weighted by Crippen LogP contribution is -2.36. The molecule has 2 heterocycles. The summed E-state index contributed by atoms with van der Waals surface area (Å²) in [6.45, 7) is 2.86. The molecule has 1 aromatic heterocycles. The molecule has 2 aromatic rings. The molecule has 3 rings (SSSR count). The lowest BCUT2D eigenvalue weighted by Gasteiger charge is -2.26. The number of primary amides is 1. The Morgan fingerprint density at radius 2 is 2.22 bits per heavy atom. The number of nitrogens with zero attached hydrogens (tertiary/aromatic N) is 3. The molecule has 0 unspecified atom stereocenters. The number of anilines is 1. The van der Waals surface area contributed by atoms with Crippen LogP contribution in [-0.4, -0.2) is 42.1 Å². The second-order valence-corrected chi connectivity index (χ2v) is 4.12. The number of benzene rings is 1. The maximum Gasteiger partial charge on any atom is 0.340 e. The van der Waals surface area contributed by atoms with E-state index in [0.29, 0.717) is 18.7 Å². The summed E-state index contributed by atoms with van der Waals surface area (Å²) in [7, 11) is 0.